The number of carbonyl (C=O) groups excluding carboxylic acids is 1. The van der Waals surface area contributed by atoms with Crippen molar-refractivity contribution in [3.8, 4) is 17.2 Å². The monoisotopic (exact) mass is 474 g/mol. The minimum Gasteiger partial charge on any atom is -0.497 e. The lowest BCUT2D eigenvalue weighted by molar-refractivity contribution is 0.0877. The van der Waals surface area contributed by atoms with Crippen LogP contribution in [0.15, 0.2) is 60.7 Å². The Kier molecular flexibility index (Phi) is 7.61. The van der Waals surface area contributed by atoms with Crippen LogP contribution in [0, 0.1) is 6.92 Å². The van der Waals surface area contributed by atoms with Crippen LogP contribution in [0.4, 0.5) is 0 Å². The van der Waals surface area contributed by atoms with Gasteiger partial charge in [0.05, 0.1) is 27.4 Å². The summed E-state index contributed by atoms with van der Waals surface area (Å²) in [5, 5.41) is 3.24. The van der Waals surface area contributed by atoms with Crippen molar-refractivity contribution in [2.24, 2.45) is 0 Å². The highest BCUT2D eigenvalue weighted by molar-refractivity contribution is 5.94. The fraction of sp³-hybridized carbons (Fsp3) is 0.345. The first-order valence-corrected chi connectivity index (χ1v) is 11.9. The average Bonchev–Trinajstić information content (AvgIpc) is 2.87. The molecular weight excluding hydrogens is 440 g/mol. The summed E-state index contributed by atoms with van der Waals surface area (Å²) in [6, 6.07) is 19.7. The summed E-state index contributed by atoms with van der Waals surface area (Å²) in [6.45, 7) is 5.86. The largest absolute Gasteiger partial charge is 0.497 e. The molecule has 1 heterocycles. The summed E-state index contributed by atoms with van der Waals surface area (Å²) in [7, 11) is 4.93. The summed E-state index contributed by atoms with van der Waals surface area (Å²) in [6.07, 6.45) is 0.900. The van der Waals surface area contributed by atoms with Gasteiger partial charge in [-0.2, -0.15) is 0 Å². The SMILES string of the molecule is COc1ccc(C(=O)N[C@@H](C)[C@H]2c3cc(OC)c(OC)cc3CCN2Cc2cccc(C)c2)cc1. The Morgan fingerprint density at radius 2 is 1.71 bits per heavy atom. The van der Waals surface area contributed by atoms with Crippen molar-refractivity contribution in [3.63, 3.8) is 0 Å². The molecule has 2 atom stereocenters. The zero-order chi connectivity index (χ0) is 24.9. The first-order valence-electron chi connectivity index (χ1n) is 11.9. The van der Waals surface area contributed by atoms with Crippen LogP contribution in [-0.4, -0.2) is 44.7 Å². The number of benzene rings is 3. The highest BCUT2D eigenvalue weighted by atomic mass is 16.5. The molecule has 0 radical (unpaired) electrons. The van der Waals surface area contributed by atoms with Gasteiger partial charge in [-0.05, 0) is 73.4 Å². The van der Waals surface area contributed by atoms with E-state index in [4.69, 9.17) is 14.2 Å². The van der Waals surface area contributed by atoms with Crippen LogP contribution in [0.2, 0.25) is 0 Å². The fourth-order valence-electron chi connectivity index (χ4n) is 4.95. The van der Waals surface area contributed by atoms with Crippen LogP contribution >= 0.6 is 0 Å². The molecule has 1 N–H and O–H groups in total. The van der Waals surface area contributed by atoms with Crippen LogP contribution in [0.3, 0.4) is 0 Å². The summed E-state index contributed by atoms with van der Waals surface area (Å²) in [4.78, 5) is 15.6. The van der Waals surface area contributed by atoms with Gasteiger partial charge in [0.15, 0.2) is 11.5 Å². The Morgan fingerprint density at radius 3 is 2.37 bits per heavy atom. The molecule has 0 spiro atoms. The highest BCUT2D eigenvalue weighted by Crippen LogP contribution is 2.40. The number of rotatable bonds is 8. The molecule has 1 aliphatic rings. The van der Waals surface area contributed by atoms with Gasteiger partial charge in [0.1, 0.15) is 5.75 Å². The van der Waals surface area contributed by atoms with Gasteiger partial charge in [0, 0.05) is 24.7 Å². The van der Waals surface area contributed by atoms with E-state index in [0.717, 1.165) is 36.6 Å². The van der Waals surface area contributed by atoms with Gasteiger partial charge >= 0.3 is 0 Å². The molecule has 1 amide bonds. The molecule has 0 aliphatic carbocycles. The van der Waals surface area contributed by atoms with Crippen LogP contribution < -0.4 is 19.5 Å². The second-order valence-electron chi connectivity index (χ2n) is 9.05. The molecule has 3 aromatic rings. The third kappa shape index (κ3) is 5.43. The van der Waals surface area contributed by atoms with E-state index in [-0.39, 0.29) is 18.0 Å². The minimum absolute atomic E-state index is 0.0266. The van der Waals surface area contributed by atoms with E-state index in [9.17, 15) is 4.79 Å². The average molecular weight is 475 g/mol. The topological polar surface area (TPSA) is 60.0 Å². The van der Waals surface area contributed by atoms with E-state index < -0.39 is 0 Å². The van der Waals surface area contributed by atoms with E-state index in [1.165, 1.54) is 16.7 Å². The molecule has 0 bridgehead atoms. The van der Waals surface area contributed by atoms with E-state index in [2.05, 4.69) is 60.5 Å². The molecule has 1 aliphatic heterocycles. The number of fused-ring (bicyclic) bond motifs is 1. The van der Waals surface area contributed by atoms with Gasteiger partial charge in [0.25, 0.3) is 5.91 Å². The Morgan fingerprint density at radius 1 is 1.00 bits per heavy atom. The second kappa shape index (κ2) is 10.8. The van der Waals surface area contributed by atoms with Crippen molar-refractivity contribution in [2.45, 2.75) is 38.9 Å². The molecular formula is C29H34N2O4. The van der Waals surface area contributed by atoms with E-state index in [0.29, 0.717) is 11.3 Å². The zero-order valence-corrected chi connectivity index (χ0v) is 21.1. The predicted octanol–water partition coefficient (Wildman–Crippen LogP) is 4.94. The molecule has 35 heavy (non-hydrogen) atoms. The van der Waals surface area contributed by atoms with E-state index >= 15 is 0 Å². The second-order valence-corrected chi connectivity index (χ2v) is 9.05. The summed E-state index contributed by atoms with van der Waals surface area (Å²) < 4.78 is 16.4. The Bertz CT molecular complexity index is 1180. The third-order valence-corrected chi connectivity index (χ3v) is 6.68. The number of carbonyl (C=O) groups is 1. The molecule has 0 aromatic heterocycles. The Hall–Kier alpha value is -3.51. The molecule has 0 saturated carbocycles. The maximum Gasteiger partial charge on any atom is 0.251 e. The van der Waals surface area contributed by atoms with Gasteiger partial charge in [-0.25, -0.2) is 0 Å². The number of nitrogens with zero attached hydrogens (tertiary/aromatic N) is 1. The van der Waals surface area contributed by atoms with Crippen molar-refractivity contribution in [1.82, 2.24) is 10.2 Å². The molecule has 6 nitrogen and oxygen atoms in total. The molecule has 184 valence electrons. The Labute approximate surface area is 207 Å². The third-order valence-electron chi connectivity index (χ3n) is 6.68. The van der Waals surface area contributed by atoms with Gasteiger partial charge in [-0.15, -0.1) is 0 Å². The molecule has 3 aromatic carbocycles. The number of amides is 1. The van der Waals surface area contributed by atoms with Crippen molar-refractivity contribution in [1.29, 1.82) is 0 Å². The molecule has 0 saturated heterocycles. The normalized spacial score (nSPS) is 16.2. The van der Waals surface area contributed by atoms with Crippen molar-refractivity contribution < 1.29 is 19.0 Å². The summed E-state index contributed by atoms with van der Waals surface area (Å²) >= 11 is 0. The number of hydrogen-bond donors (Lipinski definition) is 1. The van der Waals surface area contributed by atoms with Crippen molar-refractivity contribution >= 4 is 5.91 Å². The van der Waals surface area contributed by atoms with Crippen molar-refractivity contribution in [3.05, 3.63) is 88.5 Å². The maximum atomic E-state index is 13.1. The first kappa shape index (κ1) is 24.6. The molecule has 0 unspecified atom stereocenters. The molecule has 0 fully saturated rings. The van der Waals surface area contributed by atoms with E-state index in [1.54, 1.807) is 45.6 Å². The first-order chi connectivity index (χ1) is 16.9. The minimum atomic E-state index is -0.147. The summed E-state index contributed by atoms with van der Waals surface area (Å²) in [5.41, 5.74) is 5.48. The van der Waals surface area contributed by atoms with Crippen LogP contribution in [0.5, 0.6) is 17.2 Å². The van der Waals surface area contributed by atoms with Gasteiger partial charge in [0.2, 0.25) is 0 Å². The van der Waals surface area contributed by atoms with Crippen LogP contribution in [0.1, 0.15) is 45.6 Å². The maximum absolute atomic E-state index is 13.1. The fourth-order valence-corrected chi connectivity index (χ4v) is 4.95. The molecule has 6 heteroatoms. The van der Waals surface area contributed by atoms with Crippen LogP contribution in [-0.2, 0) is 13.0 Å². The molecule has 4 rings (SSSR count). The Balaban J connectivity index is 1.66. The number of methoxy groups -OCH3 is 3. The van der Waals surface area contributed by atoms with Gasteiger partial charge in [-0.3, -0.25) is 9.69 Å². The number of hydrogen-bond acceptors (Lipinski definition) is 5. The number of aryl methyl sites for hydroxylation is 1. The lowest BCUT2D eigenvalue weighted by Gasteiger charge is -2.41. The van der Waals surface area contributed by atoms with Crippen molar-refractivity contribution in [2.75, 3.05) is 27.9 Å². The van der Waals surface area contributed by atoms with Gasteiger partial charge in [-0.1, -0.05) is 29.8 Å². The standard InChI is InChI=1S/C29H34N2O4/c1-19-7-6-8-21(15-19)18-31-14-13-23-16-26(34-4)27(35-5)17-25(23)28(31)20(2)30-29(32)22-9-11-24(33-3)12-10-22/h6-12,15-17,20,28H,13-14,18H2,1-5H3,(H,30,32)/t20-,28-/m0/s1. The highest BCUT2D eigenvalue weighted by Gasteiger charge is 2.34. The van der Waals surface area contributed by atoms with E-state index in [1.807, 2.05) is 0 Å². The quantitative estimate of drug-likeness (QED) is 0.501. The number of nitrogens with one attached hydrogen (secondary N) is 1. The van der Waals surface area contributed by atoms with Crippen LogP contribution in [0.25, 0.3) is 0 Å². The predicted molar refractivity (Wildman–Crippen MR) is 138 cm³/mol. The lowest BCUT2D eigenvalue weighted by atomic mass is 9.87. The summed E-state index contributed by atoms with van der Waals surface area (Å²) in [5.74, 6) is 2.04. The lowest BCUT2D eigenvalue weighted by Crippen LogP contribution is -2.47. The smallest absolute Gasteiger partial charge is 0.251 e. The number of ether oxygens (including phenoxy) is 3. The van der Waals surface area contributed by atoms with Gasteiger partial charge < -0.3 is 19.5 Å². The zero-order valence-electron chi connectivity index (χ0n) is 21.1.